The van der Waals surface area contributed by atoms with Crippen molar-refractivity contribution in [2.45, 2.75) is 51.4 Å². The average molecular weight is 239 g/mol. The van der Waals surface area contributed by atoms with E-state index in [4.69, 9.17) is 0 Å². The molecule has 0 saturated heterocycles. The van der Waals surface area contributed by atoms with E-state index in [1.54, 1.807) is 0 Å². The van der Waals surface area contributed by atoms with Gasteiger partial charge in [0.1, 0.15) is 0 Å². The second-order valence-corrected chi connectivity index (χ2v) is 5.57. The van der Waals surface area contributed by atoms with E-state index in [0.717, 1.165) is 6.42 Å². The number of hydrogen-bond donors (Lipinski definition) is 1. The third kappa shape index (κ3) is 3.94. The summed E-state index contributed by atoms with van der Waals surface area (Å²) in [5.74, 6) is 0. The summed E-state index contributed by atoms with van der Waals surface area (Å²) < 4.78 is 36.8. The molecule has 0 heterocycles. The van der Waals surface area contributed by atoms with Gasteiger partial charge in [-0.2, -0.15) is 13.2 Å². The summed E-state index contributed by atoms with van der Waals surface area (Å²) in [7, 11) is 1.43. The van der Waals surface area contributed by atoms with Crippen LogP contribution in [0.4, 0.5) is 13.2 Å². The Morgan fingerprint density at radius 2 is 1.94 bits per heavy atom. The fourth-order valence-corrected chi connectivity index (χ4v) is 2.38. The lowest BCUT2D eigenvalue weighted by molar-refractivity contribution is -0.156. The highest BCUT2D eigenvalue weighted by Crippen LogP contribution is 2.37. The zero-order chi connectivity index (χ0) is 12.6. The minimum absolute atomic E-state index is 0.0176. The molecule has 0 bridgehead atoms. The van der Waals surface area contributed by atoms with Gasteiger partial charge in [-0.1, -0.05) is 13.8 Å². The average Bonchev–Trinajstić information content (AvgIpc) is 2.06. The van der Waals surface area contributed by atoms with Crippen LogP contribution in [-0.4, -0.2) is 41.9 Å². The van der Waals surface area contributed by atoms with Gasteiger partial charge in [0.25, 0.3) is 0 Å². The van der Waals surface area contributed by atoms with Crippen molar-refractivity contribution in [3.8, 4) is 0 Å². The largest absolute Gasteiger partial charge is 0.401 e. The van der Waals surface area contributed by atoms with E-state index in [2.05, 4.69) is 0 Å². The van der Waals surface area contributed by atoms with Gasteiger partial charge in [-0.15, -0.1) is 0 Å². The van der Waals surface area contributed by atoms with Crippen molar-refractivity contribution in [1.29, 1.82) is 0 Å². The highest BCUT2D eigenvalue weighted by Gasteiger charge is 2.39. The molecular formula is C11H20F3NO. The van der Waals surface area contributed by atoms with E-state index >= 15 is 0 Å². The number of alkyl halides is 3. The van der Waals surface area contributed by atoms with Crippen LogP contribution >= 0.6 is 0 Å². The summed E-state index contributed by atoms with van der Waals surface area (Å²) in [5.41, 5.74) is 0.0176. The summed E-state index contributed by atoms with van der Waals surface area (Å²) in [6.07, 6.45) is -2.78. The van der Waals surface area contributed by atoms with Gasteiger partial charge in [-0.05, 0) is 31.7 Å². The Morgan fingerprint density at radius 3 is 2.44 bits per heavy atom. The Morgan fingerprint density at radius 1 is 1.38 bits per heavy atom. The van der Waals surface area contributed by atoms with Crippen molar-refractivity contribution in [2.24, 2.45) is 5.41 Å². The Bertz CT molecular complexity index is 240. The molecule has 1 N–H and O–H groups in total. The number of aliphatic hydroxyl groups is 1. The molecule has 0 aliphatic heterocycles. The monoisotopic (exact) mass is 239 g/mol. The van der Waals surface area contributed by atoms with Crippen molar-refractivity contribution in [1.82, 2.24) is 4.90 Å². The van der Waals surface area contributed by atoms with Gasteiger partial charge >= 0.3 is 6.18 Å². The summed E-state index contributed by atoms with van der Waals surface area (Å²) in [6.45, 7) is 3.12. The molecule has 0 aromatic carbocycles. The maximum Gasteiger partial charge on any atom is 0.401 e. The van der Waals surface area contributed by atoms with Gasteiger partial charge in [0, 0.05) is 6.04 Å². The Balaban J connectivity index is 2.62. The van der Waals surface area contributed by atoms with Crippen LogP contribution in [0.5, 0.6) is 0 Å². The number of halogens is 3. The molecule has 16 heavy (non-hydrogen) atoms. The molecule has 1 saturated carbocycles. The summed E-state index contributed by atoms with van der Waals surface area (Å²) in [4.78, 5) is 1.23. The van der Waals surface area contributed by atoms with Gasteiger partial charge in [0.05, 0.1) is 12.6 Å². The van der Waals surface area contributed by atoms with Crippen molar-refractivity contribution >= 4 is 0 Å². The molecule has 0 aromatic heterocycles. The molecular weight excluding hydrogens is 219 g/mol. The molecule has 5 heteroatoms. The molecule has 2 nitrogen and oxygen atoms in total. The van der Waals surface area contributed by atoms with E-state index in [1.807, 2.05) is 13.8 Å². The number of aliphatic hydroxyl groups excluding tert-OH is 1. The Hall–Kier alpha value is -0.290. The second kappa shape index (κ2) is 4.53. The maximum atomic E-state index is 12.3. The molecule has 2 atom stereocenters. The molecule has 0 radical (unpaired) electrons. The minimum Gasteiger partial charge on any atom is -0.391 e. The number of likely N-dealkylation sites (N-methyl/N-ethyl adjacent to an activating group) is 1. The lowest BCUT2D eigenvalue weighted by Gasteiger charge is -2.42. The third-order valence-electron chi connectivity index (χ3n) is 3.32. The van der Waals surface area contributed by atoms with Crippen LogP contribution in [0.25, 0.3) is 0 Å². The molecule has 1 aliphatic rings. The first-order valence-corrected chi connectivity index (χ1v) is 5.56. The predicted octanol–water partition coefficient (Wildman–Crippen LogP) is 2.42. The first-order valence-electron chi connectivity index (χ1n) is 5.56. The van der Waals surface area contributed by atoms with Crippen LogP contribution in [-0.2, 0) is 0 Å². The standard InChI is InChI=1S/C11H20F3NO/c1-10(2)5-4-9(16)8(6-10)15(3)7-11(12,13)14/h8-9,16H,4-7H2,1-3H3. The van der Waals surface area contributed by atoms with E-state index in [-0.39, 0.29) is 11.5 Å². The lowest BCUT2D eigenvalue weighted by Crippen LogP contribution is -2.50. The van der Waals surface area contributed by atoms with E-state index in [9.17, 15) is 18.3 Å². The highest BCUT2D eigenvalue weighted by molar-refractivity contribution is 4.90. The molecule has 96 valence electrons. The molecule has 0 aromatic rings. The zero-order valence-corrected chi connectivity index (χ0v) is 10.0. The van der Waals surface area contributed by atoms with Crippen molar-refractivity contribution in [3.63, 3.8) is 0 Å². The fourth-order valence-electron chi connectivity index (χ4n) is 2.38. The van der Waals surface area contributed by atoms with Crippen LogP contribution in [0.15, 0.2) is 0 Å². The Kier molecular flexibility index (Phi) is 3.90. The van der Waals surface area contributed by atoms with Crippen LogP contribution in [0.2, 0.25) is 0 Å². The zero-order valence-electron chi connectivity index (χ0n) is 10.0. The van der Waals surface area contributed by atoms with E-state index in [0.29, 0.717) is 12.8 Å². The lowest BCUT2D eigenvalue weighted by atomic mass is 9.73. The summed E-state index contributed by atoms with van der Waals surface area (Å²) in [6, 6.07) is -0.384. The van der Waals surface area contributed by atoms with Gasteiger partial charge < -0.3 is 5.11 Å². The van der Waals surface area contributed by atoms with Gasteiger partial charge in [-0.25, -0.2) is 0 Å². The van der Waals surface area contributed by atoms with Gasteiger partial charge in [0.2, 0.25) is 0 Å². The predicted molar refractivity (Wildman–Crippen MR) is 56.1 cm³/mol. The summed E-state index contributed by atoms with van der Waals surface area (Å²) in [5, 5.41) is 9.76. The molecule has 0 spiro atoms. The van der Waals surface area contributed by atoms with Gasteiger partial charge in [-0.3, -0.25) is 4.90 Å². The minimum atomic E-state index is -4.20. The van der Waals surface area contributed by atoms with Crippen molar-refractivity contribution in [2.75, 3.05) is 13.6 Å². The number of nitrogens with zero attached hydrogens (tertiary/aromatic N) is 1. The number of hydrogen-bond acceptors (Lipinski definition) is 2. The third-order valence-corrected chi connectivity index (χ3v) is 3.32. The van der Waals surface area contributed by atoms with Crippen LogP contribution in [0.1, 0.15) is 33.1 Å². The fraction of sp³-hybridized carbons (Fsp3) is 1.00. The van der Waals surface area contributed by atoms with E-state index in [1.165, 1.54) is 11.9 Å². The number of rotatable bonds is 2. The quantitative estimate of drug-likeness (QED) is 0.800. The topological polar surface area (TPSA) is 23.5 Å². The molecule has 0 amide bonds. The second-order valence-electron chi connectivity index (χ2n) is 5.57. The Labute approximate surface area is 94.4 Å². The summed E-state index contributed by atoms with van der Waals surface area (Å²) >= 11 is 0. The van der Waals surface area contributed by atoms with Crippen LogP contribution < -0.4 is 0 Å². The van der Waals surface area contributed by atoms with Crippen molar-refractivity contribution in [3.05, 3.63) is 0 Å². The molecule has 2 unspecified atom stereocenters. The highest BCUT2D eigenvalue weighted by atomic mass is 19.4. The maximum absolute atomic E-state index is 12.3. The van der Waals surface area contributed by atoms with Gasteiger partial charge in [0.15, 0.2) is 0 Å². The molecule has 1 rings (SSSR count). The van der Waals surface area contributed by atoms with E-state index < -0.39 is 18.8 Å². The molecule has 1 aliphatic carbocycles. The first kappa shape index (κ1) is 13.8. The SMILES string of the molecule is CN(CC(F)(F)F)C1CC(C)(C)CCC1O. The van der Waals surface area contributed by atoms with Crippen LogP contribution in [0, 0.1) is 5.41 Å². The van der Waals surface area contributed by atoms with Crippen molar-refractivity contribution < 1.29 is 18.3 Å². The van der Waals surface area contributed by atoms with Crippen LogP contribution in [0.3, 0.4) is 0 Å². The smallest absolute Gasteiger partial charge is 0.391 e. The molecule has 1 fully saturated rings. The normalized spacial score (nSPS) is 30.8. The first-order chi connectivity index (χ1) is 7.11.